The molecule has 2 aromatic heterocycles. The molecule has 6 nitrogen and oxygen atoms in total. The molecule has 0 spiro atoms. The minimum atomic E-state index is 0.699. The molecule has 0 unspecified atom stereocenters. The Hall–Kier alpha value is -3.35. The first-order valence-electron chi connectivity index (χ1n) is 10.6. The molecule has 4 aromatic rings. The summed E-state index contributed by atoms with van der Waals surface area (Å²) >= 11 is 0. The lowest BCUT2D eigenvalue weighted by Crippen LogP contribution is -2.35. The molecule has 1 aliphatic rings. The minimum Gasteiger partial charge on any atom is -0.379 e. The van der Waals surface area contributed by atoms with E-state index in [1.165, 1.54) is 11.1 Å². The number of aromatic nitrogens is 3. The van der Waals surface area contributed by atoms with Gasteiger partial charge in [-0.3, -0.25) is 9.88 Å². The van der Waals surface area contributed by atoms with Crippen LogP contribution in [0, 0.1) is 0 Å². The van der Waals surface area contributed by atoms with Gasteiger partial charge in [-0.05, 0) is 35.4 Å². The van der Waals surface area contributed by atoms with Crippen LogP contribution >= 0.6 is 0 Å². The molecule has 0 radical (unpaired) electrons. The number of hydrogen-bond donors (Lipinski definition) is 1. The van der Waals surface area contributed by atoms with E-state index in [4.69, 9.17) is 14.7 Å². The predicted octanol–water partition coefficient (Wildman–Crippen LogP) is 4.14. The molecule has 0 amide bonds. The highest BCUT2D eigenvalue weighted by molar-refractivity contribution is 5.90. The van der Waals surface area contributed by atoms with Crippen LogP contribution in [0.15, 0.2) is 73.1 Å². The van der Waals surface area contributed by atoms with Crippen molar-refractivity contribution >= 4 is 16.7 Å². The number of hydrogen-bond acceptors (Lipinski definition) is 6. The normalized spacial score (nSPS) is 14.6. The Kier molecular flexibility index (Phi) is 5.82. The lowest BCUT2D eigenvalue weighted by atomic mass is 10.1. The van der Waals surface area contributed by atoms with E-state index in [1.54, 1.807) is 12.4 Å². The number of rotatable bonds is 6. The molecule has 3 heterocycles. The standard InChI is InChI=1S/C25H25N5O/c1-2-7-23-22(6-1)25(29-24(28-23)21-8-10-26-11-9-21)27-17-19-4-3-5-20(16-19)18-30-12-14-31-15-13-30/h1-11,16H,12-15,17-18H2,(H,27,28,29). The van der Waals surface area contributed by atoms with Gasteiger partial charge in [-0.15, -0.1) is 0 Å². The quantitative estimate of drug-likeness (QED) is 0.515. The Labute approximate surface area is 181 Å². The first-order valence-corrected chi connectivity index (χ1v) is 10.6. The highest BCUT2D eigenvalue weighted by Crippen LogP contribution is 2.25. The topological polar surface area (TPSA) is 63.2 Å². The van der Waals surface area contributed by atoms with Gasteiger partial charge in [-0.1, -0.05) is 36.4 Å². The lowest BCUT2D eigenvalue weighted by Gasteiger charge is -2.26. The first kappa shape index (κ1) is 19.6. The summed E-state index contributed by atoms with van der Waals surface area (Å²) < 4.78 is 5.46. The fourth-order valence-corrected chi connectivity index (χ4v) is 3.88. The maximum atomic E-state index is 5.46. The number of anilines is 1. The molecule has 5 rings (SSSR count). The summed E-state index contributed by atoms with van der Waals surface area (Å²) in [6.07, 6.45) is 3.53. The third-order valence-corrected chi connectivity index (χ3v) is 5.50. The number of fused-ring (bicyclic) bond motifs is 1. The number of para-hydroxylation sites is 1. The summed E-state index contributed by atoms with van der Waals surface area (Å²) in [5.74, 6) is 1.54. The average molecular weight is 412 g/mol. The summed E-state index contributed by atoms with van der Waals surface area (Å²) in [7, 11) is 0. The molecule has 6 heteroatoms. The van der Waals surface area contributed by atoms with E-state index in [2.05, 4.69) is 45.5 Å². The van der Waals surface area contributed by atoms with E-state index in [-0.39, 0.29) is 0 Å². The molecule has 0 aliphatic carbocycles. The number of morpholine rings is 1. The molecule has 31 heavy (non-hydrogen) atoms. The second-order valence-electron chi connectivity index (χ2n) is 7.71. The third kappa shape index (κ3) is 4.71. The predicted molar refractivity (Wildman–Crippen MR) is 123 cm³/mol. The molecule has 1 fully saturated rings. The van der Waals surface area contributed by atoms with Crippen LogP contribution in [0.1, 0.15) is 11.1 Å². The zero-order valence-corrected chi connectivity index (χ0v) is 17.4. The van der Waals surface area contributed by atoms with Gasteiger partial charge in [0, 0.05) is 49.5 Å². The molecule has 0 atom stereocenters. The van der Waals surface area contributed by atoms with Crippen LogP contribution in [0.4, 0.5) is 5.82 Å². The third-order valence-electron chi connectivity index (χ3n) is 5.50. The van der Waals surface area contributed by atoms with Crippen molar-refractivity contribution in [1.82, 2.24) is 19.9 Å². The fraction of sp³-hybridized carbons (Fsp3) is 0.240. The van der Waals surface area contributed by atoms with Gasteiger partial charge in [-0.25, -0.2) is 9.97 Å². The van der Waals surface area contributed by atoms with Crippen LogP contribution in [0.5, 0.6) is 0 Å². The maximum Gasteiger partial charge on any atom is 0.162 e. The summed E-state index contributed by atoms with van der Waals surface area (Å²) in [6.45, 7) is 5.29. The van der Waals surface area contributed by atoms with Crippen molar-refractivity contribution < 1.29 is 4.74 Å². The Balaban J connectivity index is 1.37. The average Bonchev–Trinajstić information content (AvgIpc) is 2.84. The highest BCUT2D eigenvalue weighted by atomic mass is 16.5. The first-order chi connectivity index (χ1) is 15.3. The second-order valence-corrected chi connectivity index (χ2v) is 7.71. The fourth-order valence-electron chi connectivity index (χ4n) is 3.88. The van der Waals surface area contributed by atoms with Gasteiger partial charge in [0.1, 0.15) is 5.82 Å². The van der Waals surface area contributed by atoms with E-state index >= 15 is 0 Å². The van der Waals surface area contributed by atoms with Gasteiger partial charge in [0.2, 0.25) is 0 Å². The number of pyridine rings is 1. The van der Waals surface area contributed by atoms with Crippen LogP contribution in [-0.4, -0.2) is 46.2 Å². The van der Waals surface area contributed by atoms with E-state index in [9.17, 15) is 0 Å². The highest BCUT2D eigenvalue weighted by Gasteiger charge is 2.12. The number of benzene rings is 2. The monoisotopic (exact) mass is 411 g/mol. The largest absolute Gasteiger partial charge is 0.379 e. The van der Waals surface area contributed by atoms with E-state index in [0.29, 0.717) is 12.4 Å². The summed E-state index contributed by atoms with van der Waals surface area (Å²) in [4.78, 5) is 16.1. The molecule has 2 aromatic carbocycles. The minimum absolute atomic E-state index is 0.699. The van der Waals surface area contributed by atoms with Gasteiger partial charge in [0.15, 0.2) is 5.82 Å². The summed E-state index contributed by atoms with van der Waals surface area (Å²) in [5.41, 5.74) is 4.44. The second kappa shape index (κ2) is 9.20. The molecule has 0 bridgehead atoms. The van der Waals surface area contributed by atoms with Crippen molar-refractivity contribution in [2.24, 2.45) is 0 Å². The number of nitrogens with zero attached hydrogens (tertiary/aromatic N) is 4. The van der Waals surface area contributed by atoms with Crippen molar-refractivity contribution in [2.45, 2.75) is 13.1 Å². The van der Waals surface area contributed by atoms with Crippen LogP contribution in [0.25, 0.3) is 22.3 Å². The number of ether oxygens (including phenoxy) is 1. The van der Waals surface area contributed by atoms with Crippen molar-refractivity contribution in [3.63, 3.8) is 0 Å². The molecule has 1 saturated heterocycles. The van der Waals surface area contributed by atoms with E-state index < -0.39 is 0 Å². The Morgan fingerprint density at radius 3 is 2.55 bits per heavy atom. The molecule has 1 N–H and O–H groups in total. The molecular weight excluding hydrogens is 386 g/mol. The molecule has 1 aliphatic heterocycles. The molecule has 0 saturated carbocycles. The van der Waals surface area contributed by atoms with Gasteiger partial charge in [0.25, 0.3) is 0 Å². The van der Waals surface area contributed by atoms with Gasteiger partial charge in [-0.2, -0.15) is 0 Å². The molecular formula is C25H25N5O. The Morgan fingerprint density at radius 2 is 1.68 bits per heavy atom. The maximum absolute atomic E-state index is 5.46. The number of nitrogens with one attached hydrogen (secondary N) is 1. The van der Waals surface area contributed by atoms with Gasteiger partial charge < -0.3 is 10.1 Å². The Morgan fingerprint density at radius 1 is 0.871 bits per heavy atom. The van der Waals surface area contributed by atoms with Crippen molar-refractivity contribution in [1.29, 1.82) is 0 Å². The van der Waals surface area contributed by atoms with Gasteiger partial charge >= 0.3 is 0 Å². The van der Waals surface area contributed by atoms with Gasteiger partial charge in [0.05, 0.1) is 18.7 Å². The zero-order valence-electron chi connectivity index (χ0n) is 17.4. The van der Waals surface area contributed by atoms with Crippen LogP contribution < -0.4 is 5.32 Å². The summed E-state index contributed by atoms with van der Waals surface area (Å²) in [6, 6.07) is 20.7. The van der Waals surface area contributed by atoms with Crippen molar-refractivity contribution in [3.8, 4) is 11.4 Å². The lowest BCUT2D eigenvalue weighted by molar-refractivity contribution is 0.0342. The van der Waals surface area contributed by atoms with Crippen LogP contribution in [0.3, 0.4) is 0 Å². The van der Waals surface area contributed by atoms with Crippen LogP contribution in [0.2, 0.25) is 0 Å². The SMILES string of the molecule is c1cc(CNc2nc(-c3ccncc3)nc3ccccc23)cc(CN2CCOCC2)c1. The zero-order chi connectivity index (χ0) is 20.9. The van der Waals surface area contributed by atoms with Crippen molar-refractivity contribution in [3.05, 3.63) is 84.2 Å². The van der Waals surface area contributed by atoms with E-state index in [0.717, 1.165) is 55.1 Å². The van der Waals surface area contributed by atoms with E-state index in [1.807, 2.05) is 30.3 Å². The summed E-state index contributed by atoms with van der Waals surface area (Å²) in [5, 5.41) is 4.56. The van der Waals surface area contributed by atoms with Crippen molar-refractivity contribution in [2.75, 3.05) is 31.6 Å². The Bertz CT molecular complexity index is 1160. The van der Waals surface area contributed by atoms with Crippen LogP contribution in [-0.2, 0) is 17.8 Å². The smallest absolute Gasteiger partial charge is 0.162 e. The molecule has 156 valence electrons.